The summed E-state index contributed by atoms with van der Waals surface area (Å²) in [6, 6.07) is 6.94. The Bertz CT molecular complexity index is 605. The number of aryl methyl sites for hydroxylation is 1. The minimum atomic E-state index is -4.63. The van der Waals surface area contributed by atoms with Gasteiger partial charge >= 0.3 is 6.18 Å². The molecule has 2 rings (SSSR count). The first-order valence-corrected chi connectivity index (χ1v) is 6.70. The number of hydrogen-bond donors (Lipinski definition) is 1. The first kappa shape index (κ1) is 14.5. The summed E-state index contributed by atoms with van der Waals surface area (Å²) in [5.41, 5.74) is 1.40. The lowest BCUT2D eigenvalue weighted by atomic mass is 10.1. The van der Waals surface area contributed by atoms with Gasteiger partial charge in [-0.3, -0.25) is 4.79 Å². The molecule has 0 unspecified atom stereocenters. The molecule has 0 atom stereocenters. The van der Waals surface area contributed by atoms with Crippen LogP contribution in [0.2, 0.25) is 0 Å². The van der Waals surface area contributed by atoms with Gasteiger partial charge in [0, 0.05) is 5.69 Å². The quantitative estimate of drug-likeness (QED) is 0.931. The number of amides is 1. The highest BCUT2D eigenvalue weighted by Crippen LogP contribution is 2.32. The number of hydrogen-bond acceptors (Lipinski definition) is 3. The molecule has 3 nitrogen and oxygen atoms in total. The van der Waals surface area contributed by atoms with Gasteiger partial charge in [-0.2, -0.15) is 13.2 Å². The van der Waals surface area contributed by atoms with Gasteiger partial charge < -0.3 is 5.32 Å². The maximum Gasteiger partial charge on any atom is 0.434 e. The molecule has 0 radical (unpaired) electrons. The Hall–Kier alpha value is -1.89. The molecule has 0 saturated carbocycles. The molecular weight excluding hydrogens is 289 g/mol. The molecule has 1 amide bonds. The predicted molar refractivity (Wildman–Crippen MR) is 70.9 cm³/mol. The fourth-order valence-electron chi connectivity index (χ4n) is 1.62. The van der Waals surface area contributed by atoms with Crippen molar-refractivity contribution in [2.45, 2.75) is 19.5 Å². The lowest BCUT2D eigenvalue weighted by Crippen LogP contribution is -2.17. The van der Waals surface area contributed by atoms with Gasteiger partial charge in [0.15, 0.2) is 5.69 Å². The van der Waals surface area contributed by atoms with Crippen LogP contribution in [0.1, 0.15) is 27.9 Å². The molecule has 1 N–H and O–H groups in total. The van der Waals surface area contributed by atoms with Crippen LogP contribution in [-0.4, -0.2) is 10.9 Å². The average Bonchev–Trinajstić information content (AvgIpc) is 2.89. The molecule has 0 spiro atoms. The first-order valence-electron chi connectivity index (χ1n) is 5.82. The van der Waals surface area contributed by atoms with Crippen LogP contribution in [-0.2, 0) is 12.6 Å². The van der Waals surface area contributed by atoms with Crippen LogP contribution in [0.25, 0.3) is 0 Å². The monoisotopic (exact) mass is 300 g/mol. The van der Waals surface area contributed by atoms with E-state index in [0.717, 1.165) is 17.5 Å². The lowest BCUT2D eigenvalue weighted by molar-refractivity contribution is -0.141. The van der Waals surface area contributed by atoms with E-state index < -0.39 is 22.7 Å². The van der Waals surface area contributed by atoms with E-state index >= 15 is 0 Å². The zero-order valence-corrected chi connectivity index (χ0v) is 11.3. The van der Waals surface area contributed by atoms with Crippen LogP contribution in [0.3, 0.4) is 0 Å². The van der Waals surface area contributed by atoms with Crippen molar-refractivity contribution in [3.8, 4) is 0 Å². The maximum atomic E-state index is 12.6. The van der Waals surface area contributed by atoms with Crippen molar-refractivity contribution in [2.24, 2.45) is 0 Å². The number of carbonyl (C=O) groups is 1. The van der Waals surface area contributed by atoms with Crippen LogP contribution in [0, 0.1) is 0 Å². The number of benzene rings is 1. The summed E-state index contributed by atoms with van der Waals surface area (Å²) in [6.07, 6.45) is -3.78. The SMILES string of the molecule is CCc1ccc(NC(=O)c2scnc2C(F)(F)F)cc1. The second-order valence-corrected chi connectivity index (χ2v) is 4.89. The Morgan fingerprint density at radius 3 is 2.50 bits per heavy atom. The van der Waals surface area contributed by atoms with Crippen molar-refractivity contribution in [2.75, 3.05) is 5.32 Å². The number of aromatic nitrogens is 1. The van der Waals surface area contributed by atoms with Crippen LogP contribution >= 0.6 is 11.3 Å². The minimum Gasteiger partial charge on any atom is -0.321 e. The average molecular weight is 300 g/mol. The number of carbonyl (C=O) groups excluding carboxylic acids is 1. The number of rotatable bonds is 3. The third-order valence-corrected chi connectivity index (χ3v) is 3.49. The summed E-state index contributed by atoms with van der Waals surface area (Å²) in [4.78, 5) is 14.6. The third kappa shape index (κ3) is 3.16. The van der Waals surface area contributed by atoms with Crippen molar-refractivity contribution in [1.29, 1.82) is 0 Å². The van der Waals surface area contributed by atoms with Crippen LogP contribution in [0.4, 0.5) is 18.9 Å². The molecule has 106 valence electrons. The highest BCUT2D eigenvalue weighted by molar-refractivity contribution is 7.12. The molecular formula is C13H11F3N2OS. The molecule has 0 aliphatic rings. The molecule has 1 aromatic carbocycles. The standard InChI is InChI=1S/C13H11F3N2OS/c1-2-8-3-5-9(6-4-8)18-12(19)10-11(13(14,15)16)17-7-20-10/h3-7H,2H2,1H3,(H,18,19). The van der Waals surface area contributed by atoms with Gasteiger partial charge in [-0.05, 0) is 24.1 Å². The number of thiazole rings is 1. The van der Waals surface area contributed by atoms with E-state index in [9.17, 15) is 18.0 Å². The van der Waals surface area contributed by atoms with Gasteiger partial charge in [-0.15, -0.1) is 11.3 Å². The lowest BCUT2D eigenvalue weighted by Gasteiger charge is -2.07. The summed E-state index contributed by atoms with van der Waals surface area (Å²) in [6.45, 7) is 1.99. The van der Waals surface area contributed by atoms with Crippen molar-refractivity contribution < 1.29 is 18.0 Å². The smallest absolute Gasteiger partial charge is 0.321 e. The van der Waals surface area contributed by atoms with E-state index in [0.29, 0.717) is 17.0 Å². The predicted octanol–water partition coefficient (Wildman–Crippen LogP) is 3.98. The second kappa shape index (κ2) is 5.62. The highest BCUT2D eigenvalue weighted by atomic mass is 32.1. The summed E-state index contributed by atoms with van der Waals surface area (Å²) >= 11 is 0.668. The van der Waals surface area contributed by atoms with E-state index in [1.54, 1.807) is 12.1 Å². The number of alkyl halides is 3. The number of nitrogens with one attached hydrogen (secondary N) is 1. The summed E-state index contributed by atoms with van der Waals surface area (Å²) < 4.78 is 37.9. The van der Waals surface area contributed by atoms with Gasteiger partial charge in [0.05, 0.1) is 5.51 Å². The Kier molecular flexibility index (Phi) is 4.08. The van der Waals surface area contributed by atoms with Crippen molar-refractivity contribution >= 4 is 22.9 Å². The first-order chi connectivity index (χ1) is 9.41. The number of anilines is 1. The fraction of sp³-hybridized carbons (Fsp3) is 0.231. The van der Waals surface area contributed by atoms with Gasteiger partial charge in [0.1, 0.15) is 4.88 Å². The number of halogens is 3. The van der Waals surface area contributed by atoms with E-state index in [1.807, 2.05) is 19.1 Å². The normalized spacial score (nSPS) is 11.4. The molecule has 0 bridgehead atoms. The molecule has 1 aromatic heterocycles. The van der Waals surface area contributed by atoms with Crippen molar-refractivity contribution in [3.63, 3.8) is 0 Å². The molecule has 7 heteroatoms. The van der Waals surface area contributed by atoms with Crippen molar-refractivity contribution in [1.82, 2.24) is 4.98 Å². The van der Waals surface area contributed by atoms with Crippen LogP contribution < -0.4 is 5.32 Å². The Morgan fingerprint density at radius 2 is 1.95 bits per heavy atom. The fourth-order valence-corrected chi connectivity index (χ4v) is 2.32. The van der Waals surface area contributed by atoms with Crippen molar-refractivity contribution in [3.05, 3.63) is 45.9 Å². The zero-order valence-electron chi connectivity index (χ0n) is 10.5. The summed E-state index contributed by atoms with van der Waals surface area (Å²) in [5.74, 6) is -0.802. The topological polar surface area (TPSA) is 42.0 Å². The highest BCUT2D eigenvalue weighted by Gasteiger charge is 2.38. The molecule has 0 saturated heterocycles. The molecule has 20 heavy (non-hydrogen) atoms. The van der Waals surface area contributed by atoms with Gasteiger partial charge in [-0.25, -0.2) is 4.98 Å². The van der Waals surface area contributed by atoms with Gasteiger partial charge in [0.2, 0.25) is 0 Å². The van der Waals surface area contributed by atoms with E-state index in [4.69, 9.17) is 0 Å². The largest absolute Gasteiger partial charge is 0.434 e. The maximum absolute atomic E-state index is 12.6. The third-order valence-electron chi connectivity index (χ3n) is 2.66. The van der Waals surface area contributed by atoms with Gasteiger partial charge in [-0.1, -0.05) is 19.1 Å². The Labute approximate surface area is 117 Å². The summed E-state index contributed by atoms with van der Waals surface area (Å²) in [5, 5.41) is 2.44. The Morgan fingerprint density at radius 1 is 1.30 bits per heavy atom. The minimum absolute atomic E-state index is 0.433. The summed E-state index contributed by atoms with van der Waals surface area (Å²) in [7, 11) is 0. The second-order valence-electron chi connectivity index (χ2n) is 4.03. The van der Waals surface area contributed by atoms with Gasteiger partial charge in [0.25, 0.3) is 5.91 Å². The van der Waals surface area contributed by atoms with E-state index in [2.05, 4.69) is 10.3 Å². The molecule has 2 aromatic rings. The van der Waals surface area contributed by atoms with Crippen LogP contribution in [0.15, 0.2) is 29.8 Å². The molecule has 0 aliphatic heterocycles. The molecule has 0 fully saturated rings. The Balaban J connectivity index is 2.18. The zero-order chi connectivity index (χ0) is 14.8. The van der Waals surface area contributed by atoms with E-state index in [1.165, 1.54) is 0 Å². The molecule has 1 heterocycles. The van der Waals surface area contributed by atoms with E-state index in [-0.39, 0.29) is 0 Å². The molecule has 0 aliphatic carbocycles. The number of nitrogens with zero attached hydrogens (tertiary/aromatic N) is 1. The van der Waals surface area contributed by atoms with Crippen LogP contribution in [0.5, 0.6) is 0 Å².